The van der Waals surface area contributed by atoms with E-state index >= 15 is 0 Å². The van der Waals surface area contributed by atoms with Crippen molar-refractivity contribution in [2.75, 3.05) is 18.4 Å². The second kappa shape index (κ2) is 10.6. The van der Waals surface area contributed by atoms with E-state index in [1.54, 1.807) is 30.5 Å². The van der Waals surface area contributed by atoms with Gasteiger partial charge in [-0.1, -0.05) is 42.5 Å². The molecule has 182 valence electrons. The number of aromatic nitrogens is 1. The van der Waals surface area contributed by atoms with E-state index in [9.17, 15) is 9.90 Å². The molecule has 1 aliphatic heterocycles. The maximum atomic E-state index is 11.7. The molecule has 5 rings (SSSR count). The monoisotopic (exact) mass is 498 g/mol. The lowest BCUT2D eigenvalue weighted by Gasteiger charge is -2.26. The van der Waals surface area contributed by atoms with Gasteiger partial charge in [-0.2, -0.15) is 0 Å². The third kappa shape index (κ3) is 4.94. The number of hydrogen-bond donors (Lipinski definition) is 3. The number of pyridine rings is 1. The Hall–Kier alpha value is -4.17. The molecular weight excluding hydrogens is 472 g/mol. The Morgan fingerprint density at radius 3 is 2.58 bits per heavy atom. The Morgan fingerprint density at radius 1 is 1.03 bits per heavy atom. The first-order valence-corrected chi connectivity index (χ1v) is 12.2. The van der Waals surface area contributed by atoms with Crippen LogP contribution in [0.15, 0.2) is 95.5 Å². The van der Waals surface area contributed by atoms with Crippen molar-refractivity contribution in [1.82, 2.24) is 15.2 Å². The van der Waals surface area contributed by atoms with E-state index in [4.69, 9.17) is 16.6 Å². The van der Waals surface area contributed by atoms with Crippen molar-refractivity contribution in [3.63, 3.8) is 0 Å². The molecule has 0 radical (unpaired) electrons. The summed E-state index contributed by atoms with van der Waals surface area (Å²) in [6, 6.07) is 26.0. The first-order chi connectivity index (χ1) is 17.6. The lowest BCUT2D eigenvalue weighted by atomic mass is 10.0. The Morgan fingerprint density at radius 2 is 1.81 bits per heavy atom. The third-order valence-electron chi connectivity index (χ3n) is 6.22. The van der Waals surface area contributed by atoms with Crippen molar-refractivity contribution in [3.05, 3.63) is 108 Å². The van der Waals surface area contributed by atoms with Crippen LogP contribution in [0.3, 0.4) is 0 Å². The van der Waals surface area contributed by atoms with E-state index in [0.29, 0.717) is 28.7 Å². The topological polar surface area (TPSA) is 90.6 Å². The van der Waals surface area contributed by atoms with Crippen molar-refractivity contribution in [2.45, 2.75) is 18.5 Å². The molecule has 0 aliphatic carbocycles. The number of aromatic carboxylic acids is 1. The predicted molar refractivity (Wildman–Crippen MR) is 143 cm³/mol. The number of thiocarbonyl (C=S) groups is 1. The molecule has 0 unspecified atom stereocenters. The number of nitrogens with zero attached hydrogens (tertiary/aromatic N) is 2. The average molecular weight is 499 g/mol. The summed E-state index contributed by atoms with van der Waals surface area (Å²) in [4.78, 5) is 18.4. The van der Waals surface area contributed by atoms with Gasteiger partial charge in [0.15, 0.2) is 5.11 Å². The average Bonchev–Trinajstić information content (AvgIpc) is 3.52. The van der Waals surface area contributed by atoms with Crippen molar-refractivity contribution < 1.29 is 14.3 Å². The maximum absolute atomic E-state index is 11.7. The Kier molecular flexibility index (Phi) is 6.95. The molecule has 3 N–H and O–H groups in total. The van der Waals surface area contributed by atoms with Crippen LogP contribution in [0.25, 0.3) is 11.3 Å². The van der Waals surface area contributed by atoms with E-state index < -0.39 is 5.97 Å². The molecule has 2 aromatic heterocycles. The van der Waals surface area contributed by atoms with Gasteiger partial charge in [0.2, 0.25) is 0 Å². The minimum atomic E-state index is -0.994. The summed E-state index contributed by atoms with van der Waals surface area (Å²) in [6.45, 7) is 1.50. The molecule has 4 aromatic rings. The van der Waals surface area contributed by atoms with Crippen molar-refractivity contribution in [2.24, 2.45) is 0 Å². The molecule has 1 fully saturated rings. The summed E-state index contributed by atoms with van der Waals surface area (Å²) in [5.41, 5.74) is 2.68. The first-order valence-electron chi connectivity index (χ1n) is 11.8. The zero-order valence-corrected chi connectivity index (χ0v) is 20.3. The van der Waals surface area contributed by atoms with E-state index in [1.807, 2.05) is 60.7 Å². The zero-order chi connectivity index (χ0) is 24.9. The number of nitrogens with one attached hydrogen (secondary N) is 2. The molecule has 0 amide bonds. The number of carboxylic acid groups (broad SMARTS) is 1. The summed E-state index contributed by atoms with van der Waals surface area (Å²) in [7, 11) is 0. The van der Waals surface area contributed by atoms with Gasteiger partial charge in [0.25, 0.3) is 0 Å². The van der Waals surface area contributed by atoms with Gasteiger partial charge in [0.1, 0.15) is 17.6 Å². The predicted octanol–water partition coefficient (Wildman–Crippen LogP) is 5.51. The fraction of sp³-hybridized carbons (Fsp3) is 0.179. The molecule has 0 spiro atoms. The molecule has 3 heterocycles. The normalized spacial score (nSPS) is 17.1. The smallest absolute Gasteiger partial charge is 0.336 e. The van der Waals surface area contributed by atoms with Gasteiger partial charge in [0.05, 0.1) is 17.3 Å². The van der Waals surface area contributed by atoms with Crippen LogP contribution < -0.4 is 10.6 Å². The van der Waals surface area contributed by atoms with E-state index in [1.165, 1.54) is 0 Å². The maximum Gasteiger partial charge on any atom is 0.336 e. The fourth-order valence-electron chi connectivity index (χ4n) is 4.53. The van der Waals surface area contributed by atoms with Crippen LogP contribution in [0.2, 0.25) is 0 Å². The van der Waals surface area contributed by atoms with Gasteiger partial charge < -0.3 is 25.1 Å². The summed E-state index contributed by atoms with van der Waals surface area (Å²) >= 11 is 5.74. The highest BCUT2D eigenvalue weighted by Crippen LogP contribution is 2.40. The summed E-state index contributed by atoms with van der Waals surface area (Å²) in [5, 5.41) is 17.1. The van der Waals surface area contributed by atoms with Gasteiger partial charge in [-0.25, -0.2) is 4.79 Å². The van der Waals surface area contributed by atoms with Crippen molar-refractivity contribution >= 4 is 29.0 Å². The zero-order valence-electron chi connectivity index (χ0n) is 19.5. The van der Waals surface area contributed by atoms with Crippen LogP contribution >= 0.6 is 12.2 Å². The number of para-hydroxylation sites is 1. The van der Waals surface area contributed by atoms with E-state index in [0.717, 1.165) is 24.3 Å². The lowest BCUT2D eigenvalue weighted by molar-refractivity contribution is 0.0697. The Bertz CT molecular complexity index is 1340. The van der Waals surface area contributed by atoms with Crippen LogP contribution in [0.1, 0.15) is 40.3 Å². The Labute approximate surface area is 214 Å². The summed E-state index contributed by atoms with van der Waals surface area (Å²) < 4.78 is 6.30. The van der Waals surface area contributed by atoms with Gasteiger partial charge in [0, 0.05) is 30.5 Å². The van der Waals surface area contributed by atoms with E-state index in [-0.39, 0.29) is 17.6 Å². The number of carboxylic acids is 1. The van der Waals surface area contributed by atoms with Crippen LogP contribution in [0, 0.1) is 0 Å². The van der Waals surface area contributed by atoms with Gasteiger partial charge >= 0.3 is 5.97 Å². The number of hydrogen-bond acceptors (Lipinski definition) is 5. The number of benzene rings is 2. The standard InChI is InChI=1S/C28H26N4O3S/c33-27(34)21-12-5-4-11-20(21)23-14-15-24(35-23)26-25(22-13-6-7-16-30-22)31-28(36)32(26)18-8-17-29-19-9-2-1-3-10-19/h1-7,9-16,25-26,29H,8,17-18H2,(H,31,36)(H,33,34)/t25-,26+/m1/s1. The summed E-state index contributed by atoms with van der Waals surface area (Å²) in [5.74, 6) is 0.210. The highest BCUT2D eigenvalue weighted by atomic mass is 32.1. The second-order valence-corrected chi connectivity index (χ2v) is 8.91. The molecule has 7 nitrogen and oxygen atoms in total. The largest absolute Gasteiger partial charge is 0.478 e. The highest BCUT2D eigenvalue weighted by Gasteiger charge is 2.41. The van der Waals surface area contributed by atoms with Crippen LogP contribution in [-0.2, 0) is 0 Å². The molecule has 2 aromatic carbocycles. The van der Waals surface area contributed by atoms with Crippen LogP contribution in [-0.4, -0.2) is 39.2 Å². The number of rotatable bonds is 9. The fourth-order valence-corrected chi connectivity index (χ4v) is 4.87. The SMILES string of the molecule is O=C(O)c1ccccc1-c1ccc([C@H]2[C@@H](c3ccccn3)NC(=S)N2CCCNc2ccccc2)o1. The van der Waals surface area contributed by atoms with Gasteiger partial charge in [-0.3, -0.25) is 4.98 Å². The minimum absolute atomic E-state index is 0.198. The van der Waals surface area contributed by atoms with Crippen molar-refractivity contribution in [1.29, 1.82) is 0 Å². The van der Waals surface area contributed by atoms with Crippen LogP contribution in [0.4, 0.5) is 5.69 Å². The molecule has 1 aliphatic rings. The molecule has 36 heavy (non-hydrogen) atoms. The Balaban J connectivity index is 1.41. The van der Waals surface area contributed by atoms with Gasteiger partial charge in [-0.05, 0) is 61.1 Å². The lowest BCUT2D eigenvalue weighted by Crippen LogP contribution is -2.31. The van der Waals surface area contributed by atoms with Gasteiger partial charge in [-0.15, -0.1) is 0 Å². The minimum Gasteiger partial charge on any atom is -0.478 e. The molecule has 2 atom stereocenters. The third-order valence-corrected chi connectivity index (χ3v) is 6.57. The first kappa shape index (κ1) is 23.6. The summed E-state index contributed by atoms with van der Waals surface area (Å²) in [6.07, 6.45) is 2.62. The quantitative estimate of drug-likeness (QED) is 0.205. The van der Waals surface area contributed by atoms with E-state index in [2.05, 4.69) is 20.5 Å². The number of carbonyl (C=O) groups is 1. The molecule has 0 bridgehead atoms. The molecule has 8 heteroatoms. The van der Waals surface area contributed by atoms with Crippen LogP contribution in [0.5, 0.6) is 0 Å². The highest BCUT2D eigenvalue weighted by molar-refractivity contribution is 7.80. The number of anilines is 1. The van der Waals surface area contributed by atoms with Crippen molar-refractivity contribution in [3.8, 4) is 11.3 Å². The molecular formula is C28H26N4O3S. The second-order valence-electron chi connectivity index (χ2n) is 8.52. The molecule has 0 saturated carbocycles. The molecule has 1 saturated heterocycles. The number of furan rings is 1.